The number of aliphatic carboxylic acids is 1. The summed E-state index contributed by atoms with van der Waals surface area (Å²) in [6.07, 6.45) is -6.98. The summed E-state index contributed by atoms with van der Waals surface area (Å²) >= 11 is 0. The molecule has 0 radical (unpaired) electrons. The van der Waals surface area contributed by atoms with Crippen LogP contribution in [0.15, 0.2) is 24.3 Å². The molecule has 19 heavy (non-hydrogen) atoms. The van der Waals surface area contributed by atoms with Gasteiger partial charge in [-0.15, -0.1) is 0 Å². The predicted octanol–water partition coefficient (Wildman–Crippen LogP) is 2.79. The van der Waals surface area contributed by atoms with Gasteiger partial charge in [0.05, 0.1) is 6.61 Å². The predicted molar refractivity (Wildman–Crippen MR) is 60.0 cm³/mol. The Kier molecular flexibility index (Phi) is 5.17. The lowest BCUT2D eigenvalue weighted by molar-refractivity contribution is -0.225. The summed E-state index contributed by atoms with van der Waals surface area (Å²) in [5.74, 6) is -1.19. The molecule has 1 atom stereocenters. The Morgan fingerprint density at radius 2 is 2.11 bits per heavy atom. The van der Waals surface area contributed by atoms with Crippen molar-refractivity contribution in [1.82, 2.24) is 0 Å². The monoisotopic (exact) mass is 278 g/mol. The average Bonchev–Trinajstić information content (AvgIpc) is 2.28. The molecule has 0 aliphatic heterocycles. The van der Waals surface area contributed by atoms with E-state index in [0.29, 0.717) is 6.61 Å². The highest BCUT2D eigenvalue weighted by molar-refractivity contribution is 5.68. The van der Waals surface area contributed by atoms with Crippen LogP contribution in [0.2, 0.25) is 0 Å². The highest BCUT2D eigenvalue weighted by Gasteiger charge is 2.42. The van der Waals surface area contributed by atoms with Gasteiger partial charge in [-0.05, 0) is 24.6 Å². The van der Waals surface area contributed by atoms with E-state index in [4.69, 9.17) is 9.84 Å². The molecular weight excluding hydrogens is 265 g/mol. The molecule has 7 heteroatoms. The minimum absolute atomic E-state index is 0.195. The van der Waals surface area contributed by atoms with Crippen LogP contribution < -0.4 is 4.74 Å². The molecule has 106 valence electrons. The molecule has 0 aromatic heterocycles. The fourth-order valence-corrected chi connectivity index (χ4v) is 1.47. The van der Waals surface area contributed by atoms with E-state index in [9.17, 15) is 18.0 Å². The first kappa shape index (κ1) is 15.3. The van der Waals surface area contributed by atoms with Crippen LogP contribution in [-0.2, 0) is 9.53 Å². The van der Waals surface area contributed by atoms with E-state index in [0.717, 1.165) is 0 Å². The van der Waals surface area contributed by atoms with Gasteiger partial charge in [-0.3, -0.25) is 0 Å². The van der Waals surface area contributed by atoms with Gasteiger partial charge < -0.3 is 14.6 Å². The van der Waals surface area contributed by atoms with Gasteiger partial charge in [-0.2, -0.15) is 13.2 Å². The summed E-state index contributed by atoms with van der Waals surface area (Å²) in [6, 6.07) is 5.30. The Morgan fingerprint density at radius 1 is 1.42 bits per heavy atom. The van der Waals surface area contributed by atoms with Crippen LogP contribution in [0.25, 0.3) is 0 Å². The number of benzene rings is 1. The van der Waals surface area contributed by atoms with Crippen LogP contribution in [-0.4, -0.2) is 30.5 Å². The third-order valence-corrected chi connectivity index (χ3v) is 2.14. The molecule has 0 fully saturated rings. The third kappa shape index (κ3) is 4.78. The van der Waals surface area contributed by atoms with Crippen molar-refractivity contribution in [3.63, 3.8) is 0 Å². The van der Waals surface area contributed by atoms with Crippen LogP contribution in [0.5, 0.6) is 5.75 Å². The molecule has 0 saturated carbocycles. The Balaban J connectivity index is 2.96. The second-order valence-electron chi connectivity index (χ2n) is 3.63. The molecule has 0 spiro atoms. The molecule has 0 bridgehead atoms. The molecule has 0 aliphatic rings. The lowest BCUT2D eigenvalue weighted by Crippen LogP contribution is -2.26. The van der Waals surface area contributed by atoms with E-state index in [1.165, 1.54) is 24.3 Å². The number of alkyl halides is 3. The van der Waals surface area contributed by atoms with E-state index in [2.05, 4.69) is 4.74 Å². The van der Waals surface area contributed by atoms with Gasteiger partial charge in [-0.25, -0.2) is 4.79 Å². The highest BCUT2D eigenvalue weighted by Crippen LogP contribution is 2.36. The second-order valence-corrected chi connectivity index (χ2v) is 3.63. The molecule has 1 aromatic rings. The van der Waals surface area contributed by atoms with Gasteiger partial charge in [0.15, 0.2) is 6.10 Å². The molecular formula is C12H13F3O4. The summed E-state index contributed by atoms with van der Waals surface area (Å²) in [5.41, 5.74) is -0.195. The van der Waals surface area contributed by atoms with Crippen molar-refractivity contribution in [1.29, 1.82) is 0 Å². The van der Waals surface area contributed by atoms with Gasteiger partial charge in [0.2, 0.25) is 0 Å². The van der Waals surface area contributed by atoms with Crippen molar-refractivity contribution in [2.75, 3.05) is 13.2 Å². The van der Waals surface area contributed by atoms with Crippen molar-refractivity contribution >= 4 is 5.97 Å². The van der Waals surface area contributed by atoms with E-state index in [1.807, 2.05) is 0 Å². The van der Waals surface area contributed by atoms with Crippen molar-refractivity contribution in [2.24, 2.45) is 0 Å². The maximum Gasteiger partial charge on any atom is 0.418 e. The Labute approximate surface area is 107 Å². The molecule has 0 saturated heterocycles. The lowest BCUT2D eigenvalue weighted by Gasteiger charge is -2.20. The van der Waals surface area contributed by atoms with Crippen molar-refractivity contribution in [3.05, 3.63) is 29.8 Å². The standard InChI is InChI=1S/C12H13F3O4/c1-2-18-9-5-3-4-8(6-9)11(12(13,14)15)19-7-10(16)17/h3-6,11H,2,7H2,1H3,(H,16,17)/t11-/m1/s1. The summed E-state index contributed by atoms with van der Waals surface area (Å²) in [5, 5.41) is 8.40. The number of carboxylic acid groups (broad SMARTS) is 1. The fourth-order valence-electron chi connectivity index (χ4n) is 1.47. The molecule has 1 N–H and O–H groups in total. The van der Waals surface area contributed by atoms with E-state index >= 15 is 0 Å². The first-order chi connectivity index (χ1) is 8.84. The maximum atomic E-state index is 12.8. The number of rotatable bonds is 6. The number of carboxylic acids is 1. The summed E-state index contributed by atoms with van der Waals surface area (Å²) < 4.78 is 47.9. The zero-order valence-electron chi connectivity index (χ0n) is 10.1. The Hall–Kier alpha value is -1.76. The number of hydrogen-bond acceptors (Lipinski definition) is 3. The van der Waals surface area contributed by atoms with E-state index in [1.54, 1.807) is 6.92 Å². The first-order valence-corrected chi connectivity index (χ1v) is 5.47. The number of ether oxygens (including phenoxy) is 2. The molecule has 0 amide bonds. The number of carbonyl (C=O) groups is 1. The fraction of sp³-hybridized carbons (Fsp3) is 0.417. The van der Waals surface area contributed by atoms with Gasteiger partial charge in [0.25, 0.3) is 0 Å². The van der Waals surface area contributed by atoms with Crippen molar-refractivity contribution in [3.8, 4) is 5.75 Å². The zero-order chi connectivity index (χ0) is 14.5. The van der Waals surface area contributed by atoms with Gasteiger partial charge >= 0.3 is 12.1 Å². The van der Waals surface area contributed by atoms with Crippen LogP contribution in [0.1, 0.15) is 18.6 Å². The van der Waals surface area contributed by atoms with Gasteiger partial charge in [0, 0.05) is 0 Å². The van der Waals surface area contributed by atoms with Crippen LogP contribution >= 0.6 is 0 Å². The number of hydrogen-bond donors (Lipinski definition) is 1. The maximum absolute atomic E-state index is 12.8. The largest absolute Gasteiger partial charge is 0.494 e. The van der Waals surface area contributed by atoms with E-state index in [-0.39, 0.29) is 11.3 Å². The first-order valence-electron chi connectivity index (χ1n) is 5.47. The Bertz CT molecular complexity index is 431. The number of halogens is 3. The smallest absolute Gasteiger partial charge is 0.418 e. The minimum Gasteiger partial charge on any atom is -0.494 e. The average molecular weight is 278 g/mol. The topological polar surface area (TPSA) is 55.8 Å². The molecule has 0 aliphatic carbocycles. The second kappa shape index (κ2) is 6.42. The molecule has 0 heterocycles. The summed E-state index contributed by atoms with van der Waals surface area (Å²) in [4.78, 5) is 10.3. The summed E-state index contributed by atoms with van der Waals surface area (Å²) in [6.45, 7) is 0.994. The molecule has 1 rings (SSSR count). The minimum atomic E-state index is -4.69. The molecule has 4 nitrogen and oxygen atoms in total. The zero-order valence-corrected chi connectivity index (χ0v) is 10.1. The van der Waals surface area contributed by atoms with Crippen LogP contribution in [0.4, 0.5) is 13.2 Å². The Morgan fingerprint density at radius 3 is 2.63 bits per heavy atom. The molecule has 1 aromatic carbocycles. The van der Waals surface area contributed by atoms with Gasteiger partial charge in [-0.1, -0.05) is 12.1 Å². The summed E-state index contributed by atoms with van der Waals surface area (Å²) in [7, 11) is 0. The lowest BCUT2D eigenvalue weighted by atomic mass is 10.1. The van der Waals surface area contributed by atoms with Crippen LogP contribution in [0.3, 0.4) is 0 Å². The quantitative estimate of drug-likeness (QED) is 0.869. The highest BCUT2D eigenvalue weighted by atomic mass is 19.4. The van der Waals surface area contributed by atoms with Crippen molar-refractivity contribution in [2.45, 2.75) is 19.2 Å². The molecule has 0 unspecified atom stereocenters. The third-order valence-electron chi connectivity index (χ3n) is 2.14. The van der Waals surface area contributed by atoms with Gasteiger partial charge in [0.1, 0.15) is 12.4 Å². The SMILES string of the molecule is CCOc1cccc([C@@H](OCC(=O)O)C(F)(F)F)c1. The van der Waals surface area contributed by atoms with Crippen molar-refractivity contribution < 1.29 is 32.5 Å². The van der Waals surface area contributed by atoms with Crippen LogP contribution in [0, 0.1) is 0 Å². The van der Waals surface area contributed by atoms with E-state index < -0.39 is 24.9 Å². The normalized spacial score (nSPS) is 13.1.